The van der Waals surface area contributed by atoms with Gasteiger partial charge in [-0.3, -0.25) is 19.3 Å². The molecule has 1 saturated carbocycles. The minimum absolute atomic E-state index is 0.120. The Morgan fingerprint density at radius 1 is 1.13 bits per heavy atom. The topological polar surface area (TPSA) is 92.7 Å². The van der Waals surface area contributed by atoms with E-state index in [4.69, 9.17) is 16.3 Å². The Labute approximate surface area is 222 Å². The summed E-state index contributed by atoms with van der Waals surface area (Å²) in [6.45, 7) is 4.33. The average Bonchev–Trinajstić information content (AvgIpc) is 3.39. The van der Waals surface area contributed by atoms with E-state index in [-0.39, 0.29) is 28.5 Å². The van der Waals surface area contributed by atoms with Crippen molar-refractivity contribution in [2.24, 2.45) is 0 Å². The molecule has 0 atom stereocenters. The molecule has 2 N–H and O–H groups in total. The summed E-state index contributed by atoms with van der Waals surface area (Å²) in [4.78, 5) is 41.8. The van der Waals surface area contributed by atoms with Crippen molar-refractivity contribution in [3.63, 3.8) is 0 Å². The molecule has 2 fully saturated rings. The minimum atomic E-state index is -2.91. The molecule has 12 heteroatoms. The molecule has 5 rings (SSSR count). The van der Waals surface area contributed by atoms with Crippen LogP contribution in [0.2, 0.25) is 5.02 Å². The molecule has 2 aromatic rings. The number of alkyl halides is 2. The van der Waals surface area contributed by atoms with Crippen LogP contribution in [0.4, 0.5) is 18.9 Å². The fraction of sp³-hybridized carbons (Fsp3) is 0.500. The summed E-state index contributed by atoms with van der Waals surface area (Å²) in [6.07, 6.45) is 0.0728. The Morgan fingerprint density at radius 3 is 2.50 bits per heavy atom. The predicted molar refractivity (Wildman–Crippen MR) is 133 cm³/mol. The fourth-order valence-electron chi connectivity index (χ4n) is 5.85. The molecule has 0 radical (unpaired) electrons. The van der Waals surface area contributed by atoms with Gasteiger partial charge in [0.1, 0.15) is 11.5 Å². The van der Waals surface area contributed by atoms with Crippen molar-refractivity contribution in [3.8, 4) is 0 Å². The summed E-state index contributed by atoms with van der Waals surface area (Å²) in [5, 5.41) is 5.14. The number of Topliss-reactive ketones (excluding diaryl/α,β-unsaturated/α-hetero) is 1. The molecule has 2 amide bonds. The number of carbonyl (C=O) groups excluding carboxylic acids is 3. The number of rotatable bonds is 7. The molecule has 38 heavy (non-hydrogen) atoms. The van der Waals surface area contributed by atoms with Crippen molar-refractivity contribution >= 4 is 34.9 Å². The van der Waals surface area contributed by atoms with Crippen molar-refractivity contribution in [3.05, 3.63) is 51.6 Å². The lowest BCUT2D eigenvalue weighted by atomic mass is 9.72. The molecule has 3 aliphatic rings. The van der Waals surface area contributed by atoms with Gasteiger partial charge in [0.2, 0.25) is 0 Å². The number of amides is 2. The number of morpholine rings is 1. The van der Waals surface area contributed by atoms with Crippen LogP contribution in [-0.2, 0) is 22.5 Å². The molecule has 1 saturated heterocycles. The van der Waals surface area contributed by atoms with Gasteiger partial charge in [-0.2, -0.15) is 0 Å². The highest BCUT2D eigenvalue weighted by Gasteiger charge is 2.58. The maximum Gasteiger partial charge on any atom is 0.292 e. The minimum Gasteiger partial charge on any atom is -0.379 e. The van der Waals surface area contributed by atoms with Crippen molar-refractivity contribution in [2.75, 3.05) is 38.2 Å². The molecule has 0 spiro atoms. The second kappa shape index (κ2) is 10.0. The third kappa shape index (κ3) is 5.06. The first-order valence-corrected chi connectivity index (χ1v) is 12.9. The molecule has 0 unspecified atom stereocenters. The first-order valence-electron chi connectivity index (χ1n) is 12.5. The van der Waals surface area contributed by atoms with Gasteiger partial charge < -0.3 is 19.9 Å². The molecular formula is C26H28ClF3N4O4. The molecular weight excluding hydrogens is 525 g/mol. The monoisotopic (exact) mass is 552 g/mol. The Morgan fingerprint density at radius 2 is 1.84 bits per heavy atom. The number of halogens is 4. The lowest BCUT2D eigenvalue weighted by Gasteiger charge is -2.50. The van der Waals surface area contributed by atoms with Crippen molar-refractivity contribution in [1.82, 2.24) is 14.8 Å². The van der Waals surface area contributed by atoms with E-state index in [1.165, 1.54) is 12.1 Å². The number of hydrogen-bond donors (Lipinski definition) is 2. The van der Waals surface area contributed by atoms with Gasteiger partial charge in [0.15, 0.2) is 0 Å². The zero-order chi connectivity index (χ0) is 27.2. The molecule has 2 aliphatic heterocycles. The van der Waals surface area contributed by atoms with Crippen LogP contribution < -0.4 is 10.6 Å². The van der Waals surface area contributed by atoms with Gasteiger partial charge in [-0.1, -0.05) is 11.6 Å². The number of aromatic nitrogens is 1. The summed E-state index contributed by atoms with van der Waals surface area (Å²) < 4.78 is 48.5. The third-order valence-electron chi connectivity index (χ3n) is 7.44. The highest BCUT2D eigenvalue weighted by molar-refractivity contribution is 6.44. The number of nitrogens with one attached hydrogen (secondary N) is 2. The molecule has 1 aliphatic carbocycles. The van der Waals surface area contributed by atoms with Gasteiger partial charge in [0.05, 0.1) is 29.3 Å². The first kappa shape index (κ1) is 26.7. The normalized spacial score (nSPS) is 19.9. The summed E-state index contributed by atoms with van der Waals surface area (Å²) in [5.41, 5.74) is 0.280. The highest BCUT2D eigenvalue weighted by Crippen LogP contribution is 2.46. The molecule has 3 heterocycles. The van der Waals surface area contributed by atoms with Gasteiger partial charge in [0.25, 0.3) is 23.5 Å². The number of fused-ring (bicyclic) bond motifs is 1. The van der Waals surface area contributed by atoms with Crippen LogP contribution in [-0.4, -0.2) is 71.4 Å². The average molecular weight is 553 g/mol. The maximum absolute atomic E-state index is 14.0. The number of ketones is 1. The van der Waals surface area contributed by atoms with Gasteiger partial charge in [-0.05, 0) is 43.5 Å². The summed E-state index contributed by atoms with van der Waals surface area (Å²) >= 11 is 5.82. The zero-order valence-corrected chi connectivity index (χ0v) is 21.6. The molecule has 8 nitrogen and oxygen atoms in total. The van der Waals surface area contributed by atoms with E-state index >= 15 is 0 Å². The summed E-state index contributed by atoms with van der Waals surface area (Å²) in [5.74, 6) is -5.89. The largest absolute Gasteiger partial charge is 0.379 e. The predicted octanol–water partition coefficient (Wildman–Crippen LogP) is 3.59. The van der Waals surface area contributed by atoms with E-state index in [1.807, 2.05) is 4.90 Å². The first-order chi connectivity index (χ1) is 18.0. The number of ether oxygens (including phenoxy) is 1. The van der Waals surface area contributed by atoms with Crippen LogP contribution >= 0.6 is 11.6 Å². The number of hydrogen-bond acceptors (Lipinski definition) is 5. The van der Waals surface area contributed by atoms with Crippen molar-refractivity contribution in [1.29, 1.82) is 0 Å². The van der Waals surface area contributed by atoms with E-state index in [9.17, 15) is 27.6 Å². The maximum atomic E-state index is 14.0. The molecule has 204 valence electrons. The number of carbonyl (C=O) groups is 3. The van der Waals surface area contributed by atoms with E-state index in [2.05, 4.69) is 10.6 Å². The second-order valence-corrected chi connectivity index (χ2v) is 10.7. The van der Waals surface area contributed by atoms with Crippen LogP contribution in [0.25, 0.3) is 0 Å². The number of anilines is 1. The van der Waals surface area contributed by atoms with E-state index < -0.39 is 47.7 Å². The van der Waals surface area contributed by atoms with Crippen LogP contribution in [0.5, 0.6) is 0 Å². The van der Waals surface area contributed by atoms with Crippen molar-refractivity contribution in [2.45, 2.75) is 50.6 Å². The zero-order valence-electron chi connectivity index (χ0n) is 20.8. The van der Waals surface area contributed by atoms with Gasteiger partial charge in [-0.25, -0.2) is 13.2 Å². The van der Waals surface area contributed by atoms with Crippen LogP contribution in [0, 0.1) is 12.7 Å². The highest BCUT2D eigenvalue weighted by atomic mass is 35.5. The Balaban J connectivity index is 1.37. The van der Waals surface area contributed by atoms with Gasteiger partial charge in [0, 0.05) is 50.4 Å². The molecule has 0 bridgehead atoms. The number of benzene rings is 1. The Bertz CT molecular complexity index is 1300. The Kier molecular flexibility index (Phi) is 7.04. The quantitative estimate of drug-likeness (QED) is 0.405. The lowest BCUT2D eigenvalue weighted by Crippen LogP contribution is -2.68. The van der Waals surface area contributed by atoms with E-state index in [1.54, 1.807) is 11.5 Å². The molecule has 1 aromatic carbocycles. The van der Waals surface area contributed by atoms with Crippen LogP contribution in [0.3, 0.4) is 0 Å². The SMILES string of the molecule is Cc1c(C(=O)C(=O)NC2(CN3CCOCC3)CC(F)(F)C2)c2n(c1C(=O)Nc1ccc(F)c(Cl)c1)CCC2. The van der Waals surface area contributed by atoms with Gasteiger partial charge in [-0.15, -0.1) is 0 Å². The van der Waals surface area contributed by atoms with Crippen LogP contribution in [0.15, 0.2) is 18.2 Å². The fourth-order valence-corrected chi connectivity index (χ4v) is 6.03. The smallest absolute Gasteiger partial charge is 0.292 e. The lowest BCUT2D eigenvalue weighted by molar-refractivity contribution is -0.152. The third-order valence-corrected chi connectivity index (χ3v) is 7.73. The second-order valence-electron chi connectivity index (χ2n) is 10.3. The van der Waals surface area contributed by atoms with Crippen molar-refractivity contribution < 1.29 is 32.3 Å². The summed E-state index contributed by atoms with van der Waals surface area (Å²) in [6, 6.07) is 3.77. The van der Waals surface area contributed by atoms with Crippen LogP contribution in [0.1, 0.15) is 51.4 Å². The Hall–Kier alpha value is -2.89. The van der Waals surface area contributed by atoms with E-state index in [0.717, 1.165) is 6.07 Å². The number of nitrogens with zero attached hydrogens (tertiary/aromatic N) is 2. The summed E-state index contributed by atoms with van der Waals surface area (Å²) in [7, 11) is 0. The van der Waals surface area contributed by atoms with E-state index in [0.29, 0.717) is 56.9 Å². The molecule has 1 aromatic heterocycles. The van der Waals surface area contributed by atoms with Gasteiger partial charge >= 0.3 is 0 Å². The standard InChI is InChI=1S/C26H28ClF3N4O4/c1-15-20(19-3-2-6-34(19)21(15)23(36)31-16-4-5-18(28)17(27)11-16)22(35)24(37)32-25(12-26(29,30)13-25)14-33-7-9-38-10-8-33/h4-5,11H,2-3,6-10,12-14H2,1H3,(H,31,36)(H,32,37).